The molecule has 0 saturated carbocycles. The molecule has 9 nitrogen and oxygen atoms in total. The molecule has 4 aromatic rings. The van der Waals surface area contributed by atoms with Gasteiger partial charge in [0, 0.05) is 6.42 Å². The number of imidazole rings is 1. The van der Waals surface area contributed by atoms with Gasteiger partial charge in [-0.3, -0.25) is 0 Å². The number of nitrogens with zero attached hydrogens (tertiary/aromatic N) is 1. The van der Waals surface area contributed by atoms with Crippen LogP contribution < -0.4 is 4.74 Å². The van der Waals surface area contributed by atoms with Crippen LogP contribution in [0.2, 0.25) is 0 Å². The minimum Gasteiger partial charge on any atom is -0.482 e. The number of hydrogen-bond donors (Lipinski definition) is 1. The van der Waals surface area contributed by atoms with E-state index in [1.165, 1.54) is 6.33 Å². The van der Waals surface area contributed by atoms with Crippen LogP contribution in [0.15, 0.2) is 79.1 Å². The van der Waals surface area contributed by atoms with Gasteiger partial charge >= 0.3 is 17.9 Å². The zero-order valence-corrected chi connectivity index (χ0v) is 22.0. The first-order chi connectivity index (χ1) is 18.7. The Bertz CT molecular complexity index is 1420. The number of nitrogens with one attached hydrogen (secondary N) is 1. The summed E-state index contributed by atoms with van der Waals surface area (Å²) in [5.74, 6) is -1.36. The highest BCUT2D eigenvalue weighted by atomic mass is 16.6. The van der Waals surface area contributed by atoms with E-state index in [9.17, 15) is 14.4 Å². The van der Waals surface area contributed by atoms with Crippen molar-refractivity contribution in [2.45, 2.75) is 45.5 Å². The van der Waals surface area contributed by atoms with Gasteiger partial charge in [-0.05, 0) is 62.2 Å². The summed E-state index contributed by atoms with van der Waals surface area (Å²) in [7, 11) is 0. The van der Waals surface area contributed by atoms with E-state index >= 15 is 0 Å². The van der Waals surface area contributed by atoms with Crippen molar-refractivity contribution in [1.82, 2.24) is 9.97 Å². The van der Waals surface area contributed by atoms with Crippen LogP contribution in [0, 0.1) is 0 Å². The van der Waals surface area contributed by atoms with Crippen LogP contribution in [-0.4, -0.2) is 46.2 Å². The number of carbonyl (C=O) groups excluding carboxylic acids is 3. The third kappa shape index (κ3) is 8.16. The summed E-state index contributed by atoms with van der Waals surface area (Å²) in [6.45, 7) is 5.16. The van der Waals surface area contributed by atoms with E-state index in [2.05, 4.69) is 9.97 Å². The lowest BCUT2D eigenvalue weighted by Gasteiger charge is -2.19. The van der Waals surface area contributed by atoms with Gasteiger partial charge in [0.2, 0.25) is 6.10 Å². The lowest BCUT2D eigenvalue weighted by atomic mass is 10.1. The van der Waals surface area contributed by atoms with E-state index in [0.717, 1.165) is 11.1 Å². The van der Waals surface area contributed by atoms with Crippen LogP contribution >= 0.6 is 0 Å². The zero-order valence-electron chi connectivity index (χ0n) is 22.0. The Kier molecular flexibility index (Phi) is 8.60. The first-order valence-corrected chi connectivity index (χ1v) is 12.4. The summed E-state index contributed by atoms with van der Waals surface area (Å²) in [5, 5.41) is 0. The van der Waals surface area contributed by atoms with Crippen molar-refractivity contribution in [2.75, 3.05) is 6.61 Å². The van der Waals surface area contributed by atoms with Crippen LogP contribution in [-0.2, 0) is 36.8 Å². The molecule has 1 heterocycles. The lowest BCUT2D eigenvalue weighted by molar-refractivity contribution is -0.157. The summed E-state index contributed by atoms with van der Waals surface area (Å²) in [6.07, 6.45) is 0.422. The number of esters is 3. The van der Waals surface area contributed by atoms with Gasteiger partial charge in [-0.15, -0.1) is 0 Å². The Labute approximate surface area is 226 Å². The van der Waals surface area contributed by atoms with Crippen LogP contribution in [0.1, 0.15) is 42.3 Å². The average Bonchev–Trinajstić information content (AvgIpc) is 3.38. The first kappa shape index (κ1) is 27.4. The van der Waals surface area contributed by atoms with Crippen molar-refractivity contribution >= 4 is 28.9 Å². The minimum atomic E-state index is -1.19. The van der Waals surface area contributed by atoms with Gasteiger partial charge in [-0.1, -0.05) is 42.5 Å². The molecule has 39 heavy (non-hydrogen) atoms. The van der Waals surface area contributed by atoms with Crippen LogP contribution in [0.4, 0.5) is 0 Å². The van der Waals surface area contributed by atoms with E-state index in [1.807, 2.05) is 30.3 Å². The van der Waals surface area contributed by atoms with Gasteiger partial charge in [0.1, 0.15) is 18.0 Å². The van der Waals surface area contributed by atoms with Gasteiger partial charge in [-0.2, -0.15) is 0 Å². The van der Waals surface area contributed by atoms with Gasteiger partial charge in [0.25, 0.3) is 0 Å². The smallest absolute Gasteiger partial charge is 0.348 e. The molecule has 202 valence electrons. The maximum Gasteiger partial charge on any atom is 0.348 e. The molecule has 9 heteroatoms. The number of H-pyrrole nitrogens is 1. The molecule has 0 bridgehead atoms. The lowest BCUT2D eigenvalue weighted by Crippen LogP contribution is -2.31. The fourth-order valence-electron chi connectivity index (χ4n) is 3.70. The normalized spacial score (nSPS) is 12.0. The second-order valence-corrected chi connectivity index (χ2v) is 9.84. The Morgan fingerprint density at radius 3 is 2.38 bits per heavy atom. The molecule has 3 aromatic carbocycles. The standard InChI is InChI=1S/C30H30N2O7/c1-30(2,3)39-27(33)18-36-23-12-9-20(10-13-23)15-26(29(35)37-17-21-7-5-4-6-8-21)38-28(34)22-11-14-24-25(16-22)32-19-31-24/h4-14,16,19,26H,15,17-18H2,1-3H3,(H,31,32). The third-order valence-electron chi connectivity index (χ3n) is 5.51. The van der Waals surface area contributed by atoms with Crippen molar-refractivity contribution in [3.05, 3.63) is 95.8 Å². The summed E-state index contributed by atoms with van der Waals surface area (Å²) < 4.78 is 21.8. The van der Waals surface area contributed by atoms with Crippen molar-refractivity contribution in [3.8, 4) is 5.75 Å². The Morgan fingerprint density at radius 2 is 1.67 bits per heavy atom. The van der Waals surface area contributed by atoms with Crippen LogP contribution in [0.3, 0.4) is 0 Å². The maximum absolute atomic E-state index is 13.0. The van der Waals surface area contributed by atoms with Gasteiger partial charge in [0.15, 0.2) is 6.61 Å². The monoisotopic (exact) mass is 530 g/mol. The number of rotatable bonds is 10. The second-order valence-electron chi connectivity index (χ2n) is 9.84. The Morgan fingerprint density at radius 1 is 0.923 bits per heavy atom. The molecular formula is C30H30N2O7. The molecule has 0 spiro atoms. The topological polar surface area (TPSA) is 117 Å². The average molecular weight is 531 g/mol. The fourth-order valence-corrected chi connectivity index (χ4v) is 3.70. The highest BCUT2D eigenvalue weighted by molar-refractivity contribution is 5.95. The molecule has 0 amide bonds. The predicted molar refractivity (Wildman–Crippen MR) is 143 cm³/mol. The van der Waals surface area contributed by atoms with Crippen LogP contribution in [0.25, 0.3) is 11.0 Å². The number of carbonyl (C=O) groups is 3. The minimum absolute atomic E-state index is 0.0460. The zero-order chi connectivity index (χ0) is 27.8. The number of ether oxygens (including phenoxy) is 4. The molecule has 0 aliphatic heterocycles. The first-order valence-electron chi connectivity index (χ1n) is 12.4. The number of hydrogen-bond acceptors (Lipinski definition) is 8. The van der Waals surface area contributed by atoms with E-state index in [1.54, 1.807) is 63.2 Å². The molecule has 1 unspecified atom stereocenters. The summed E-state index contributed by atoms with van der Waals surface area (Å²) in [4.78, 5) is 45.0. The highest BCUT2D eigenvalue weighted by Gasteiger charge is 2.26. The predicted octanol–water partition coefficient (Wildman–Crippen LogP) is 4.79. The summed E-state index contributed by atoms with van der Waals surface area (Å²) in [5.41, 5.74) is 2.56. The third-order valence-corrected chi connectivity index (χ3v) is 5.51. The quantitative estimate of drug-likeness (QED) is 0.230. The summed E-state index contributed by atoms with van der Waals surface area (Å²) >= 11 is 0. The number of fused-ring (bicyclic) bond motifs is 1. The van der Waals surface area contributed by atoms with Crippen LogP contribution in [0.5, 0.6) is 5.75 Å². The van der Waals surface area contributed by atoms with Gasteiger partial charge in [0.05, 0.1) is 22.9 Å². The maximum atomic E-state index is 13.0. The molecule has 4 rings (SSSR count). The number of benzene rings is 3. The largest absolute Gasteiger partial charge is 0.482 e. The fraction of sp³-hybridized carbons (Fsp3) is 0.267. The molecule has 1 aromatic heterocycles. The molecule has 0 aliphatic rings. The molecule has 1 N–H and O–H groups in total. The van der Waals surface area contributed by atoms with Crippen molar-refractivity contribution in [3.63, 3.8) is 0 Å². The molecule has 0 aliphatic carbocycles. The molecule has 0 fully saturated rings. The van der Waals surface area contributed by atoms with E-state index in [4.69, 9.17) is 18.9 Å². The Hall–Kier alpha value is -4.66. The van der Waals surface area contributed by atoms with Gasteiger partial charge in [-0.25, -0.2) is 19.4 Å². The van der Waals surface area contributed by atoms with Crippen molar-refractivity contribution in [2.24, 2.45) is 0 Å². The molecule has 0 saturated heterocycles. The SMILES string of the molecule is CC(C)(C)OC(=O)COc1ccc(CC(OC(=O)c2ccc3[nH]cnc3c2)C(=O)OCc2ccccc2)cc1. The van der Waals surface area contributed by atoms with Gasteiger partial charge < -0.3 is 23.9 Å². The van der Waals surface area contributed by atoms with Crippen molar-refractivity contribution in [1.29, 1.82) is 0 Å². The van der Waals surface area contributed by atoms with E-state index in [0.29, 0.717) is 16.8 Å². The van der Waals surface area contributed by atoms with Crippen molar-refractivity contribution < 1.29 is 33.3 Å². The van der Waals surface area contributed by atoms with E-state index < -0.39 is 29.6 Å². The number of aromatic amines is 1. The molecular weight excluding hydrogens is 500 g/mol. The second kappa shape index (κ2) is 12.3. The summed E-state index contributed by atoms with van der Waals surface area (Å²) in [6, 6.07) is 20.9. The molecule has 0 radical (unpaired) electrons. The highest BCUT2D eigenvalue weighted by Crippen LogP contribution is 2.18. The Balaban J connectivity index is 1.43. The van der Waals surface area contributed by atoms with E-state index in [-0.39, 0.29) is 25.2 Å². The number of aromatic nitrogens is 2. The molecule has 1 atom stereocenters.